The Labute approximate surface area is 140 Å². The van der Waals surface area contributed by atoms with Crippen molar-refractivity contribution in [1.82, 2.24) is 5.32 Å². The van der Waals surface area contributed by atoms with Gasteiger partial charge in [-0.3, -0.25) is 0 Å². The summed E-state index contributed by atoms with van der Waals surface area (Å²) >= 11 is 18.8. The van der Waals surface area contributed by atoms with E-state index in [1.807, 2.05) is 30.3 Å². The third kappa shape index (κ3) is 3.22. The minimum absolute atomic E-state index is 0.355. The molecule has 1 aliphatic rings. The van der Waals surface area contributed by atoms with Crippen LogP contribution in [-0.2, 0) is 0 Å². The van der Waals surface area contributed by atoms with E-state index in [0.29, 0.717) is 21.9 Å². The van der Waals surface area contributed by atoms with Gasteiger partial charge in [-0.1, -0.05) is 59.1 Å². The number of hydrogen-bond acceptors (Lipinski definition) is 1. The van der Waals surface area contributed by atoms with Crippen LogP contribution < -0.4 is 5.32 Å². The molecule has 0 amide bonds. The Kier molecular flexibility index (Phi) is 4.75. The first-order valence-corrected chi connectivity index (χ1v) is 8.20. The average Bonchev–Trinajstić information content (AvgIpc) is 2.50. The molecule has 0 aliphatic carbocycles. The molecule has 110 valence electrons. The van der Waals surface area contributed by atoms with E-state index in [4.69, 9.17) is 34.8 Å². The third-order valence-electron chi connectivity index (χ3n) is 4.14. The van der Waals surface area contributed by atoms with Crippen LogP contribution in [0.15, 0.2) is 42.5 Å². The highest BCUT2D eigenvalue weighted by molar-refractivity contribution is 6.42. The number of hydrogen-bond donors (Lipinski definition) is 1. The molecule has 2 aromatic carbocycles. The molecule has 1 saturated heterocycles. The van der Waals surface area contributed by atoms with E-state index in [1.54, 1.807) is 0 Å². The monoisotopic (exact) mass is 339 g/mol. The summed E-state index contributed by atoms with van der Waals surface area (Å²) in [5.74, 6) is 0.712. The Bertz CT molecular complexity index is 642. The Morgan fingerprint density at radius 3 is 2.57 bits per heavy atom. The fourth-order valence-electron chi connectivity index (χ4n) is 3.13. The average molecular weight is 341 g/mol. The van der Waals surface area contributed by atoms with Crippen molar-refractivity contribution in [3.63, 3.8) is 0 Å². The van der Waals surface area contributed by atoms with E-state index in [9.17, 15) is 0 Å². The van der Waals surface area contributed by atoms with Gasteiger partial charge in [-0.25, -0.2) is 0 Å². The summed E-state index contributed by atoms with van der Waals surface area (Å²) in [7, 11) is 0. The first kappa shape index (κ1) is 15.2. The molecule has 3 rings (SSSR count). The molecular formula is C17H16Cl3N. The van der Waals surface area contributed by atoms with Gasteiger partial charge in [0, 0.05) is 17.5 Å². The Balaban J connectivity index is 2.00. The van der Waals surface area contributed by atoms with E-state index < -0.39 is 0 Å². The molecule has 0 bridgehead atoms. The normalized spacial score (nSPS) is 22.2. The molecule has 2 atom stereocenters. The molecule has 4 heteroatoms. The fourth-order valence-corrected chi connectivity index (χ4v) is 3.77. The molecule has 1 fully saturated rings. The molecular weight excluding hydrogens is 325 g/mol. The molecule has 0 saturated carbocycles. The van der Waals surface area contributed by atoms with Crippen LogP contribution in [0.1, 0.15) is 29.4 Å². The summed E-state index contributed by atoms with van der Waals surface area (Å²) in [6.07, 6.45) is 1.04. The summed E-state index contributed by atoms with van der Waals surface area (Å²) in [5, 5.41) is 5.54. The Morgan fingerprint density at radius 2 is 1.76 bits per heavy atom. The van der Waals surface area contributed by atoms with Crippen LogP contribution >= 0.6 is 34.8 Å². The van der Waals surface area contributed by atoms with Crippen molar-refractivity contribution in [3.8, 4) is 0 Å². The van der Waals surface area contributed by atoms with Crippen LogP contribution in [0.5, 0.6) is 0 Å². The van der Waals surface area contributed by atoms with Gasteiger partial charge in [0.05, 0.1) is 10.0 Å². The first-order chi connectivity index (χ1) is 10.2. The van der Waals surface area contributed by atoms with Crippen molar-refractivity contribution in [3.05, 3.63) is 68.7 Å². The maximum atomic E-state index is 6.43. The standard InChI is InChI=1S/C17H16Cl3N/c18-12-4-1-3-11(9-12)15-10-21-8-7-13(15)14-5-2-6-16(19)17(14)20/h1-6,9,13,15,21H,7-8,10H2. The van der Waals surface area contributed by atoms with E-state index in [0.717, 1.165) is 30.1 Å². The maximum Gasteiger partial charge on any atom is 0.0627 e. The molecule has 2 unspecified atom stereocenters. The van der Waals surface area contributed by atoms with Crippen molar-refractivity contribution < 1.29 is 0 Å². The summed E-state index contributed by atoms with van der Waals surface area (Å²) in [5.41, 5.74) is 2.38. The Hall–Kier alpha value is -0.730. The summed E-state index contributed by atoms with van der Waals surface area (Å²) in [6, 6.07) is 14.0. The molecule has 21 heavy (non-hydrogen) atoms. The minimum Gasteiger partial charge on any atom is -0.316 e. The highest BCUT2D eigenvalue weighted by Crippen LogP contribution is 2.42. The van der Waals surface area contributed by atoms with Gasteiger partial charge in [0.25, 0.3) is 0 Å². The second-order valence-electron chi connectivity index (χ2n) is 5.40. The van der Waals surface area contributed by atoms with Gasteiger partial charge >= 0.3 is 0 Å². The first-order valence-electron chi connectivity index (χ1n) is 7.07. The molecule has 2 aromatic rings. The summed E-state index contributed by atoms with van der Waals surface area (Å²) in [4.78, 5) is 0. The van der Waals surface area contributed by atoms with Crippen LogP contribution in [0.4, 0.5) is 0 Å². The zero-order chi connectivity index (χ0) is 14.8. The maximum absolute atomic E-state index is 6.43. The van der Waals surface area contributed by atoms with Crippen LogP contribution in [0.3, 0.4) is 0 Å². The number of nitrogens with one attached hydrogen (secondary N) is 1. The molecule has 0 spiro atoms. The largest absolute Gasteiger partial charge is 0.316 e. The van der Waals surface area contributed by atoms with Gasteiger partial charge in [-0.15, -0.1) is 0 Å². The highest BCUT2D eigenvalue weighted by Gasteiger charge is 2.29. The predicted molar refractivity (Wildman–Crippen MR) is 90.9 cm³/mol. The lowest BCUT2D eigenvalue weighted by atomic mass is 9.77. The van der Waals surface area contributed by atoms with E-state index in [-0.39, 0.29) is 0 Å². The van der Waals surface area contributed by atoms with Crippen molar-refractivity contribution >= 4 is 34.8 Å². The van der Waals surface area contributed by atoms with Crippen LogP contribution in [0, 0.1) is 0 Å². The number of halogens is 3. The van der Waals surface area contributed by atoms with E-state index in [1.165, 1.54) is 5.56 Å². The number of rotatable bonds is 2. The van der Waals surface area contributed by atoms with Crippen molar-refractivity contribution in [2.45, 2.75) is 18.3 Å². The zero-order valence-corrected chi connectivity index (χ0v) is 13.7. The smallest absolute Gasteiger partial charge is 0.0627 e. The summed E-state index contributed by atoms with van der Waals surface area (Å²) < 4.78 is 0. The van der Waals surface area contributed by atoms with Crippen molar-refractivity contribution in [1.29, 1.82) is 0 Å². The van der Waals surface area contributed by atoms with E-state index in [2.05, 4.69) is 17.4 Å². The lowest BCUT2D eigenvalue weighted by Crippen LogP contribution is -2.34. The van der Waals surface area contributed by atoms with Crippen molar-refractivity contribution in [2.75, 3.05) is 13.1 Å². The predicted octanol–water partition coefficient (Wildman–Crippen LogP) is 5.51. The molecule has 1 aliphatic heterocycles. The number of piperidine rings is 1. The third-order valence-corrected chi connectivity index (χ3v) is 5.21. The van der Waals surface area contributed by atoms with Crippen LogP contribution in [0.25, 0.3) is 0 Å². The van der Waals surface area contributed by atoms with Gasteiger partial charge in [0.1, 0.15) is 0 Å². The minimum atomic E-state index is 0.355. The fraction of sp³-hybridized carbons (Fsp3) is 0.294. The highest BCUT2D eigenvalue weighted by atomic mass is 35.5. The van der Waals surface area contributed by atoms with Gasteiger partial charge in [-0.05, 0) is 48.2 Å². The van der Waals surface area contributed by atoms with Crippen LogP contribution in [-0.4, -0.2) is 13.1 Å². The Morgan fingerprint density at radius 1 is 0.952 bits per heavy atom. The summed E-state index contributed by atoms with van der Waals surface area (Å²) in [6.45, 7) is 1.92. The quantitative estimate of drug-likeness (QED) is 0.760. The van der Waals surface area contributed by atoms with Gasteiger partial charge < -0.3 is 5.32 Å². The second kappa shape index (κ2) is 6.58. The molecule has 1 heterocycles. The molecule has 1 nitrogen and oxygen atoms in total. The molecule has 0 radical (unpaired) electrons. The van der Waals surface area contributed by atoms with Gasteiger partial charge in [0.15, 0.2) is 0 Å². The number of benzene rings is 2. The van der Waals surface area contributed by atoms with Crippen molar-refractivity contribution in [2.24, 2.45) is 0 Å². The lowest BCUT2D eigenvalue weighted by Gasteiger charge is -2.33. The topological polar surface area (TPSA) is 12.0 Å². The van der Waals surface area contributed by atoms with Crippen LogP contribution in [0.2, 0.25) is 15.1 Å². The lowest BCUT2D eigenvalue weighted by molar-refractivity contribution is 0.404. The zero-order valence-electron chi connectivity index (χ0n) is 11.5. The second-order valence-corrected chi connectivity index (χ2v) is 6.63. The van der Waals surface area contributed by atoms with Gasteiger partial charge in [-0.2, -0.15) is 0 Å². The van der Waals surface area contributed by atoms with E-state index >= 15 is 0 Å². The van der Waals surface area contributed by atoms with Gasteiger partial charge in [0.2, 0.25) is 0 Å². The SMILES string of the molecule is Clc1cccc(C2CNCCC2c2cccc(Cl)c2Cl)c1. The molecule has 1 N–H and O–H groups in total. The molecule has 0 aromatic heterocycles.